The van der Waals surface area contributed by atoms with Crippen LogP contribution < -0.4 is 10.6 Å². The molecule has 20 heteroatoms. The Morgan fingerprint density at radius 3 is 1.27 bits per heavy atom. The molecule has 3 aliphatic heterocycles. The molecule has 83 heavy (non-hydrogen) atoms. The third kappa shape index (κ3) is 29.7. The molecule has 3 aliphatic rings. The Hall–Kier alpha value is -1.96. The Kier molecular flexibility index (Phi) is 41.9. The number of allylic oxidation sites excluding steroid dienone is 1. The van der Waals surface area contributed by atoms with Crippen LogP contribution in [0.4, 0.5) is 0 Å². The number of hydrogen-bond donors (Lipinski definition) is 12. The van der Waals surface area contributed by atoms with Gasteiger partial charge in [-0.05, 0) is 19.3 Å². The topological polar surface area (TPSA) is 316 Å². The van der Waals surface area contributed by atoms with Crippen LogP contribution in [0.1, 0.15) is 245 Å². The predicted molar refractivity (Wildman–Crippen MR) is 317 cm³/mol. The molecule has 12 N–H and O–H groups in total. The highest BCUT2D eigenvalue weighted by Gasteiger charge is 2.54. The van der Waals surface area contributed by atoms with E-state index in [1.54, 1.807) is 6.08 Å². The van der Waals surface area contributed by atoms with Crippen molar-refractivity contribution in [3.8, 4) is 0 Å². The van der Waals surface area contributed by atoms with Crippen LogP contribution >= 0.6 is 0 Å². The van der Waals surface area contributed by atoms with Crippen LogP contribution in [0.2, 0.25) is 0 Å². The van der Waals surface area contributed by atoms with Gasteiger partial charge in [0.25, 0.3) is 0 Å². The minimum atomic E-state index is -1.99. The molecule has 17 atom stereocenters. The molecule has 0 aliphatic carbocycles. The highest BCUT2D eigenvalue weighted by atomic mass is 16.8. The van der Waals surface area contributed by atoms with Crippen molar-refractivity contribution in [2.45, 2.75) is 350 Å². The van der Waals surface area contributed by atoms with E-state index in [0.717, 1.165) is 51.9 Å². The molecule has 2 amide bonds. The van der Waals surface area contributed by atoms with Crippen molar-refractivity contribution < 1.29 is 89.1 Å². The lowest BCUT2D eigenvalue weighted by Gasteiger charge is -2.48. The number of ether oxygens (including phenoxy) is 6. The monoisotopic (exact) mass is 1190 g/mol. The largest absolute Gasteiger partial charge is 0.394 e. The van der Waals surface area contributed by atoms with E-state index in [2.05, 4.69) is 24.5 Å². The smallest absolute Gasteiger partial charge is 0.220 e. The molecule has 0 aromatic heterocycles. The van der Waals surface area contributed by atoms with Crippen LogP contribution in [0.5, 0.6) is 0 Å². The van der Waals surface area contributed by atoms with Gasteiger partial charge in [-0.2, -0.15) is 0 Å². The van der Waals surface area contributed by atoms with Crippen LogP contribution in [0.3, 0.4) is 0 Å². The summed E-state index contributed by atoms with van der Waals surface area (Å²) in [6.07, 6.45) is 21.0. The Morgan fingerprint density at radius 2 is 0.843 bits per heavy atom. The van der Waals surface area contributed by atoms with Crippen molar-refractivity contribution in [3.05, 3.63) is 12.2 Å². The molecule has 20 nitrogen and oxygen atoms in total. The van der Waals surface area contributed by atoms with Crippen molar-refractivity contribution in [1.82, 2.24) is 10.6 Å². The van der Waals surface area contributed by atoms with Gasteiger partial charge in [-0.15, -0.1) is 0 Å². The van der Waals surface area contributed by atoms with Crippen LogP contribution in [0, 0.1) is 0 Å². The number of amides is 2. The molecular formula is C63H118N2O18. The predicted octanol–water partition coefficient (Wildman–Crippen LogP) is 6.69. The third-order valence-electron chi connectivity index (χ3n) is 16.7. The van der Waals surface area contributed by atoms with Gasteiger partial charge < -0.3 is 90.1 Å². The van der Waals surface area contributed by atoms with Gasteiger partial charge in [0.2, 0.25) is 11.8 Å². The first kappa shape index (κ1) is 75.3. The van der Waals surface area contributed by atoms with Crippen molar-refractivity contribution in [1.29, 1.82) is 0 Å². The maximum Gasteiger partial charge on any atom is 0.220 e. The van der Waals surface area contributed by atoms with E-state index in [1.807, 2.05) is 6.08 Å². The molecule has 488 valence electrons. The van der Waals surface area contributed by atoms with E-state index >= 15 is 0 Å². The number of unbranched alkanes of at least 4 members (excludes halogenated alkanes) is 32. The second kappa shape index (κ2) is 46.2. The van der Waals surface area contributed by atoms with E-state index in [1.165, 1.54) is 167 Å². The van der Waals surface area contributed by atoms with Gasteiger partial charge in [-0.1, -0.05) is 225 Å². The van der Waals surface area contributed by atoms with Crippen molar-refractivity contribution >= 4 is 11.8 Å². The maximum atomic E-state index is 13.4. The van der Waals surface area contributed by atoms with Gasteiger partial charge in [0.05, 0.1) is 38.6 Å². The summed E-state index contributed by atoms with van der Waals surface area (Å²) in [5, 5.41) is 114. The second-order valence-corrected chi connectivity index (χ2v) is 24.0. The molecule has 3 saturated heterocycles. The molecule has 3 rings (SSSR count). The molecule has 0 radical (unpaired) electrons. The molecule has 0 saturated carbocycles. The Labute approximate surface area is 498 Å². The van der Waals surface area contributed by atoms with E-state index in [9.17, 15) is 60.7 Å². The normalized spacial score (nSPS) is 29.3. The standard InChI is InChI=1S/C63H118N2O18/c1-4-6-8-10-12-14-16-18-19-20-21-22-23-24-25-26-28-30-32-34-36-38-40-51(71)65-46(47(70)39-37-35-33-31-29-27-17-15-13-11-9-7-5-2)44-78-62-57(76)55(74)60(49(42-67)80-62)83-63-58(77)56(75)59(50(43-68)81-63)82-61-52(64-45(3)69)54(73)53(72)48(41-66)79-61/h37,39,46-50,52-63,66-68,70,72-77H,4-36,38,40-44H2,1-3H3,(H,64,69)(H,65,71)/b39-37+/t46-,47+,48+,49+,50+,52+,53-,54+,55+,56+,57?,58+,59-,60+,61-,62+,63-/m0/s1. The SMILES string of the molecule is CCCCCCCCCCCCC/C=C/[C@@H](O)[C@H](CO[C@@H]1O[C@H](CO)[C@@H](O[C@@H]2O[C@H](CO)[C@H](O[C@@H]3O[C@H](CO)[C@H](O)[C@H](O)[C@H]3NC(C)=O)[C@H](O)[C@H]2O)[C@H](O)C1O)NC(=O)CCCCCCCCCCCCCCCCCCCCCCCC. The lowest BCUT2D eigenvalue weighted by atomic mass is 9.95. The van der Waals surface area contributed by atoms with Crippen molar-refractivity contribution in [2.24, 2.45) is 0 Å². The summed E-state index contributed by atoms with van der Waals surface area (Å²) in [6.45, 7) is 2.85. The number of aliphatic hydroxyl groups excluding tert-OH is 10. The van der Waals surface area contributed by atoms with Gasteiger partial charge in [0.1, 0.15) is 73.2 Å². The Balaban J connectivity index is 1.49. The fourth-order valence-electron chi connectivity index (χ4n) is 11.5. The highest BCUT2D eigenvalue weighted by molar-refractivity contribution is 5.76. The Morgan fingerprint density at radius 1 is 0.470 bits per heavy atom. The highest BCUT2D eigenvalue weighted by Crippen LogP contribution is 2.33. The molecule has 0 spiro atoms. The lowest BCUT2D eigenvalue weighted by molar-refractivity contribution is -0.374. The van der Waals surface area contributed by atoms with Gasteiger partial charge in [-0.25, -0.2) is 0 Å². The van der Waals surface area contributed by atoms with E-state index < -0.39 is 130 Å². The zero-order valence-electron chi connectivity index (χ0n) is 51.3. The summed E-state index contributed by atoms with van der Waals surface area (Å²) < 4.78 is 34.9. The molecule has 0 aromatic carbocycles. The summed E-state index contributed by atoms with van der Waals surface area (Å²) in [7, 11) is 0. The second-order valence-electron chi connectivity index (χ2n) is 24.0. The molecule has 3 fully saturated rings. The molecular weight excluding hydrogens is 1070 g/mol. The molecule has 0 aromatic rings. The van der Waals surface area contributed by atoms with Gasteiger partial charge in [0, 0.05) is 13.3 Å². The fraction of sp³-hybridized carbons (Fsp3) is 0.937. The van der Waals surface area contributed by atoms with Crippen LogP contribution in [-0.4, -0.2) is 194 Å². The van der Waals surface area contributed by atoms with Gasteiger partial charge in [-0.3, -0.25) is 9.59 Å². The maximum absolute atomic E-state index is 13.4. The van der Waals surface area contributed by atoms with Crippen molar-refractivity contribution in [2.75, 3.05) is 26.4 Å². The summed E-state index contributed by atoms with van der Waals surface area (Å²) >= 11 is 0. The van der Waals surface area contributed by atoms with Gasteiger partial charge >= 0.3 is 0 Å². The first-order chi connectivity index (χ1) is 40.2. The molecule has 1 unspecified atom stereocenters. The first-order valence-electron chi connectivity index (χ1n) is 32.9. The Bertz CT molecular complexity index is 1630. The average molecular weight is 1190 g/mol. The quantitative estimate of drug-likeness (QED) is 0.0223. The number of carbonyl (C=O) groups excluding carboxylic acids is 2. The van der Waals surface area contributed by atoms with Crippen LogP contribution in [0.15, 0.2) is 12.2 Å². The third-order valence-corrected chi connectivity index (χ3v) is 16.7. The summed E-state index contributed by atoms with van der Waals surface area (Å²) in [5.41, 5.74) is 0. The van der Waals surface area contributed by atoms with E-state index in [0.29, 0.717) is 6.42 Å². The number of rotatable bonds is 49. The van der Waals surface area contributed by atoms with Gasteiger partial charge in [0.15, 0.2) is 18.9 Å². The lowest BCUT2D eigenvalue weighted by Crippen LogP contribution is -2.68. The van der Waals surface area contributed by atoms with E-state index in [4.69, 9.17) is 28.4 Å². The average Bonchev–Trinajstić information content (AvgIpc) is 3.67. The number of hydrogen-bond acceptors (Lipinski definition) is 18. The van der Waals surface area contributed by atoms with Crippen molar-refractivity contribution in [3.63, 3.8) is 0 Å². The summed E-state index contributed by atoms with van der Waals surface area (Å²) in [5.74, 6) is -0.920. The number of nitrogens with one attached hydrogen (secondary N) is 2. The fourth-order valence-corrected chi connectivity index (χ4v) is 11.5. The molecule has 3 heterocycles. The zero-order chi connectivity index (χ0) is 60.6. The minimum Gasteiger partial charge on any atom is -0.394 e. The minimum absolute atomic E-state index is 0.245. The number of carbonyl (C=O) groups is 2. The zero-order valence-corrected chi connectivity index (χ0v) is 51.3. The summed E-state index contributed by atoms with van der Waals surface area (Å²) in [6, 6.07) is -2.40. The van der Waals surface area contributed by atoms with Crippen LogP contribution in [0.25, 0.3) is 0 Å². The first-order valence-corrected chi connectivity index (χ1v) is 32.9. The summed E-state index contributed by atoms with van der Waals surface area (Å²) in [4.78, 5) is 25.4. The number of aliphatic hydroxyl groups is 10. The van der Waals surface area contributed by atoms with E-state index in [-0.39, 0.29) is 18.9 Å². The molecule has 0 bridgehead atoms. The van der Waals surface area contributed by atoms with Crippen LogP contribution in [-0.2, 0) is 38.0 Å².